The van der Waals surface area contributed by atoms with Crippen molar-refractivity contribution in [2.75, 3.05) is 20.8 Å². The first kappa shape index (κ1) is 16.7. The molecular formula is C16H20N2O5. The second kappa shape index (κ2) is 7.04. The quantitative estimate of drug-likeness (QED) is 0.867. The Kier molecular flexibility index (Phi) is 5.10. The van der Waals surface area contributed by atoms with Crippen LogP contribution in [0.25, 0.3) is 0 Å². The number of ether oxygens (including phenoxy) is 2. The van der Waals surface area contributed by atoms with Crippen LogP contribution >= 0.6 is 0 Å². The Hall–Kier alpha value is -2.70. The summed E-state index contributed by atoms with van der Waals surface area (Å²) in [6.45, 7) is 2.05. The Bertz CT molecular complexity index is 760. The molecule has 1 aromatic carbocycles. The molecule has 1 aromatic heterocycles. The molecule has 23 heavy (non-hydrogen) atoms. The van der Waals surface area contributed by atoms with Crippen LogP contribution in [-0.2, 0) is 13.5 Å². The summed E-state index contributed by atoms with van der Waals surface area (Å²) in [6, 6.07) is 5.56. The van der Waals surface area contributed by atoms with Crippen LogP contribution in [0.4, 0.5) is 0 Å². The van der Waals surface area contributed by atoms with E-state index in [9.17, 15) is 9.59 Å². The van der Waals surface area contributed by atoms with E-state index in [-0.39, 0.29) is 5.56 Å². The van der Waals surface area contributed by atoms with Crippen molar-refractivity contribution in [2.45, 2.75) is 13.3 Å². The number of rotatable bonds is 6. The summed E-state index contributed by atoms with van der Waals surface area (Å²) < 4.78 is 16.6. The molecule has 0 bridgehead atoms. The van der Waals surface area contributed by atoms with E-state index in [1.807, 2.05) is 18.2 Å². The molecule has 1 N–H and O–H groups in total. The molecule has 0 radical (unpaired) electrons. The van der Waals surface area contributed by atoms with Crippen molar-refractivity contribution in [1.82, 2.24) is 10.1 Å². The molecule has 2 rings (SSSR count). The molecule has 0 aliphatic rings. The first-order chi connectivity index (χ1) is 11.0. The Morgan fingerprint density at radius 1 is 1.26 bits per heavy atom. The van der Waals surface area contributed by atoms with Crippen molar-refractivity contribution in [2.24, 2.45) is 7.05 Å². The van der Waals surface area contributed by atoms with Crippen LogP contribution in [0, 0.1) is 6.92 Å². The minimum Gasteiger partial charge on any atom is -0.493 e. The van der Waals surface area contributed by atoms with Crippen LogP contribution in [0.3, 0.4) is 0 Å². The molecular weight excluding hydrogens is 300 g/mol. The number of aromatic nitrogens is 1. The lowest BCUT2D eigenvalue weighted by Gasteiger charge is -2.10. The van der Waals surface area contributed by atoms with Crippen molar-refractivity contribution in [3.63, 3.8) is 0 Å². The minimum atomic E-state index is -0.631. The number of hydrogen-bond acceptors (Lipinski definition) is 5. The Morgan fingerprint density at radius 2 is 1.96 bits per heavy atom. The monoisotopic (exact) mass is 320 g/mol. The maximum Gasteiger partial charge on any atom is 0.370 e. The van der Waals surface area contributed by atoms with Gasteiger partial charge in [-0.2, -0.15) is 0 Å². The van der Waals surface area contributed by atoms with Crippen LogP contribution in [0.15, 0.2) is 27.5 Å². The lowest BCUT2D eigenvalue weighted by atomic mass is 10.1. The second-order valence-corrected chi connectivity index (χ2v) is 5.03. The largest absolute Gasteiger partial charge is 0.493 e. The highest BCUT2D eigenvalue weighted by Crippen LogP contribution is 2.27. The molecule has 7 heteroatoms. The molecule has 1 amide bonds. The van der Waals surface area contributed by atoms with Crippen molar-refractivity contribution in [3.05, 3.63) is 45.4 Å². The topological polar surface area (TPSA) is 82.7 Å². The van der Waals surface area contributed by atoms with Gasteiger partial charge in [0.15, 0.2) is 11.5 Å². The average Bonchev–Trinajstić information content (AvgIpc) is 2.79. The summed E-state index contributed by atoms with van der Waals surface area (Å²) >= 11 is 0. The van der Waals surface area contributed by atoms with Gasteiger partial charge in [0.25, 0.3) is 5.91 Å². The predicted octanol–water partition coefficient (Wildman–Crippen LogP) is 1.28. The normalized spacial score (nSPS) is 10.4. The minimum absolute atomic E-state index is 0.0415. The highest BCUT2D eigenvalue weighted by molar-refractivity contribution is 5.94. The van der Waals surface area contributed by atoms with Gasteiger partial charge in [-0.15, -0.1) is 0 Å². The van der Waals surface area contributed by atoms with Gasteiger partial charge in [-0.25, -0.2) is 9.53 Å². The fourth-order valence-corrected chi connectivity index (χ4v) is 2.25. The third-order valence-corrected chi connectivity index (χ3v) is 3.63. The van der Waals surface area contributed by atoms with Crippen LogP contribution in [0.2, 0.25) is 0 Å². The molecule has 124 valence electrons. The van der Waals surface area contributed by atoms with Crippen molar-refractivity contribution in [3.8, 4) is 11.5 Å². The molecule has 0 atom stereocenters. The number of hydrogen-bond donors (Lipinski definition) is 1. The van der Waals surface area contributed by atoms with E-state index >= 15 is 0 Å². The van der Waals surface area contributed by atoms with E-state index < -0.39 is 11.5 Å². The standard InChI is InChI=1S/C16H20N2O5/c1-10-14(16(20)23-18(10)2)15(19)17-8-7-11-5-6-12(21-3)13(9-11)22-4/h5-6,9H,7-8H2,1-4H3,(H,17,19). The van der Waals surface area contributed by atoms with E-state index in [4.69, 9.17) is 14.0 Å². The number of nitrogens with one attached hydrogen (secondary N) is 1. The molecule has 7 nitrogen and oxygen atoms in total. The molecule has 1 heterocycles. The molecule has 2 aromatic rings. The zero-order valence-corrected chi connectivity index (χ0v) is 13.6. The molecule has 0 aliphatic carbocycles. The molecule has 0 spiro atoms. The number of methoxy groups -OCH3 is 2. The first-order valence-corrected chi connectivity index (χ1v) is 7.14. The summed E-state index contributed by atoms with van der Waals surface area (Å²) in [6.07, 6.45) is 0.601. The highest BCUT2D eigenvalue weighted by Gasteiger charge is 2.19. The summed E-state index contributed by atoms with van der Waals surface area (Å²) in [4.78, 5) is 23.7. The lowest BCUT2D eigenvalue weighted by molar-refractivity contribution is 0.0951. The van der Waals surface area contributed by atoms with Gasteiger partial charge in [-0.3, -0.25) is 4.79 Å². The van der Waals surface area contributed by atoms with Crippen molar-refractivity contribution >= 4 is 5.91 Å². The second-order valence-electron chi connectivity index (χ2n) is 5.03. The number of amides is 1. The van der Waals surface area contributed by atoms with Gasteiger partial charge in [-0.05, 0) is 31.0 Å². The fourth-order valence-electron chi connectivity index (χ4n) is 2.25. The van der Waals surface area contributed by atoms with Gasteiger partial charge in [0.1, 0.15) is 5.56 Å². The summed E-state index contributed by atoms with van der Waals surface area (Å²) in [5.74, 6) is 0.853. The zero-order chi connectivity index (χ0) is 17.0. The number of benzene rings is 1. The predicted molar refractivity (Wildman–Crippen MR) is 84.3 cm³/mol. The Balaban J connectivity index is 2.00. The van der Waals surface area contributed by atoms with Gasteiger partial charge in [0.05, 0.1) is 19.9 Å². The first-order valence-electron chi connectivity index (χ1n) is 7.14. The van der Waals surface area contributed by atoms with Gasteiger partial charge >= 0.3 is 5.63 Å². The van der Waals surface area contributed by atoms with E-state index in [1.54, 1.807) is 28.2 Å². The fraction of sp³-hybridized carbons (Fsp3) is 0.375. The SMILES string of the molecule is COc1ccc(CCNC(=O)c2c(C)n(C)oc2=O)cc1OC. The molecule has 0 aliphatic heterocycles. The number of aryl methyl sites for hydroxylation is 1. The van der Waals surface area contributed by atoms with Gasteiger partial charge < -0.3 is 19.3 Å². The summed E-state index contributed by atoms with van der Waals surface area (Å²) in [7, 11) is 4.73. The zero-order valence-electron chi connectivity index (χ0n) is 13.6. The third-order valence-electron chi connectivity index (χ3n) is 3.63. The van der Waals surface area contributed by atoms with E-state index in [2.05, 4.69) is 5.32 Å². The molecule has 0 unspecified atom stereocenters. The van der Waals surface area contributed by atoms with Crippen molar-refractivity contribution in [1.29, 1.82) is 0 Å². The maximum atomic E-state index is 12.1. The molecule has 0 saturated heterocycles. The van der Waals surface area contributed by atoms with Gasteiger partial charge in [-0.1, -0.05) is 6.07 Å². The van der Waals surface area contributed by atoms with Crippen LogP contribution in [-0.4, -0.2) is 31.4 Å². The van der Waals surface area contributed by atoms with Crippen molar-refractivity contribution < 1.29 is 18.8 Å². The van der Waals surface area contributed by atoms with E-state index in [0.29, 0.717) is 30.2 Å². The summed E-state index contributed by atoms with van der Waals surface area (Å²) in [5, 5.41) is 2.72. The lowest BCUT2D eigenvalue weighted by Crippen LogP contribution is -2.29. The molecule has 0 saturated carbocycles. The highest BCUT2D eigenvalue weighted by atomic mass is 16.5. The van der Waals surface area contributed by atoms with Gasteiger partial charge in [0, 0.05) is 13.6 Å². The number of carbonyl (C=O) groups is 1. The Labute approximate surface area is 133 Å². The molecule has 0 fully saturated rings. The smallest absolute Gasteiger partial charge is 0.370 e. The van der Waals surface area contributed by atoms with Gasteiger partial charge in [0.2, 0.25) is 0 Å². The summed E-state index contributed by atoms with van der Waals surface area (Å²) in [5.41, 5.74) is 0.895. The van der Waals surface area contributed by atoms with E-state index in [1.165, 1.54) is 4.74 Å². The maximum absolute atomic E-state index is 12.1. The van der Waals surface area contributed by atoms with Crippen LogP contribution in [0.1, 0.15) is 21.6 Å². The van der Waals surface area contributed by atoms with E-state index in [0.717, 1.165) is 5.56 Å². The number of carbonyl (C=O) groups excluding carboxylic acids is 1. The van der Waals surface area contributed by atoms with Crippen LogP contribution < -0.4 is 20.4 Å². The number of nitrogens with zero attached hydrogens (tertiary/aromatic N) is 1. The third kappa shape index (κ3) is 3.56. The Morgan fingerprint density at radius 3 is 2.52 bits per heavy atom. The average molecular weight is 320 g/mol. The van der Waals surface area contributed by atoms with Crippen LogP contribution in [0.5, 0.6) is 11.5 Å².